The molecule has 4 rings (SSSR count). The maximum Gasteiger partial charge on any atom is 0.291 e. The topological polar surface area (TPSA) is 120 Å². The van der Waals surface area contributed by atoms with E-state index in [0.717, 1.165) is 11.1 Å². The molecule has 156 valence electrons. The van der Waals surface area contributed by atoms with Crippen molar-refractivity contribution in [3.05, 3.63) is 96.3 Å². The summed E-state index contributed by atoms with van der Waals surface area (Å²) < 4.78 is 24.6. The van der Waals surface area contributed by atoms with Gasteiger partial charge in [-0.1, -0.05) is 60.7 Å². The van der Waals surface area contributed by atoms with E-state index in [1.807, 2.05) is 60.7 Å². The smallest absolute Gasteiger partial charge is 0.291 e. The number of hydrogen-bond donors (Lipinski definition) is 2. The minimum absolute atomic E-state index is 0.00491. The molecule has 0 aliphatic carbocycles. The van der Waals surface area contributed by atoms with Crippen molar-refractivity contribution in [3.8, 4) is 17.1 Å². The highest BCUT2D eigenvalue weighted by molar-refractivity contribution is 7.89. The van der Waals surface area contributed by atoms with E-state index in [9.17, 15) is 13.2 Å². The van der Waals surface area contributed by atoms with Gasteiger partial charge in [0.15, 0.2) is 5.82 Å². The lowest BCUT2D eigenvalue weighted by molar-refractivity contribution is 0.0940. The van der Waals surface area contributed by atoms with Gasteiger partial charge >= 0.3 is 0 Å². The van der Waals surface area contributed by atoms with Gasteiger partial charge in [-0.15, -0.1) is 5.10 Å². The Balaban J connectivity index is 1.68. The van der Waals surface area contributed by atoms with Crippen LogP contribution in [0.2, 0.25) is 0 Å². The summed E-state index contributed by atoms with van der Waals surface area (Å²) in [5.41, 5.74) is 2.26. The molecule has 9 heteroatoms. The van der Waals surface area contributed by atoms with Gasteiger partial charge in [0.2, 0.25) is 15.8 Å². The predicted molar refractivity (Wildman–Crippen MR) is 116 cm³/mol. The lowest BCUT2D eigenvalue weighted by atomic mass is 10.2. The fourth-order valence-corrected chi connectivity index (χ4v) is 3.51. The molecule has 8 nitrogen and oxygen atoms in total. The number of benzene rings is 3. The zero-order valence-corrected chi connectivity index (χ0v) is 17.2. The summed E-state index contributed by atoms with van der Waals surface area (Å²) in [6.45, 7) is 0.345. The Morgan fingerprint density at radius 2 is 1.52 bits per heavy atom. The third-order valence-electron chi connectivity index (χ3n) is 4.55. The van der Waals surface area contributed by atoms with Gasteiger partial charge in [-0.3, -0.25) is 4.79 Å². The van der Waals surface area contributed by atoms with Crippen molar-refractivity contribution in [1.82, 2.24) is 20.1 Å². The Hall–Kier alpha value is -3.82. The number of nitrogens with two attached hydrogens (primary N) is 1. The molecule has 0 saturated heterocycles. The fourth-order valence-electron chi connectivity index (χ4n) is 3.00. The number of nitrogens with one attached hydrogen (secondary N) is 1. The van der Waals surface area contributed by atoms with E-state index in [2.05, 4.69) is 15.4 Å². The minimum atomic E-state index is -3.82. The molecule has 3 N–H and O–H groups in total. The summed E-state index contributed by atoms with van der Waals surface area (Å²) >= 11 is 0. The standard InChI is InChI=1S/C22H19N5O3S/c23-31(29,30)19-13-11-18(12-14-19)27-21(17-9-5-2-6-10-17)25-20(26-27)22(28)24-15-16-7-3-1-4-8-16/h1-14H,15H2,(H,24,28)(H2,23,29,30). The summed E-state index contributed by atoms with van der Waals surface area (Å²) in [7, 11) is -3.82. The van der Waals surface area contributed by atoms with Crippen molar-refractivity contribution < 1.29 is 13.2 Å². The van der Waals surface area contributed by atoms with Crippen LogP contribution in [0, 0.1) is 0 Å². The lowest BCUT2D eigenvalue weighted by Gasteiger charge is -2.06. The van der Waals surface area contributed by atoms with Crippen LogP contribution in [0.25, 0.3) is 17.1 Å². The van der Waals surface area contributed by atoms with Gasteiger partial charge in [-0.2, -0.15) is 0 Å². The Morgan fingerprint density at radius 3 is 2.13 bits per heavy atom. The monoisotopic (exact) mass is 433 g/mol. The van der Waals surface area contributed by atoms with Gasteiger partial charge < -0.3 is 5.32 Å². The number of rotatable bonds is 6. The summed E-state index contributed by atoms with van der Waals surface area (Å²) in [5, 5.41) is 12.4. The number of sulfonamides is 1. The number of hydrogen-bond acceptors (Lipinski definition) is 5. The second kappa shape index (κ2) is 8.50. The van der Waals surface area contributed by atoms with Crippen LogP contribution in [-0.4, -0.2) is 29.1 Å². The van der Waals surface area contributed by atoms with Gasteiger partial charge in [-0.25, -0.2) is 23.2 Å². The zero-order chi connectivity index (χ0) is 21.8. The molecule has 1 amide bonds. The molecular formula is C22H19N5O3S. The molecule has 0 saturated carbocycles. The van der Waals surface area contributed by atoms with Gasteiger partial charge in [0.05, 0.1) is 10.6 Å². The largest absolute Gasteiger partial charge is 0.345 e. The van der Waals surface area contributed by atoms with Gasteiger partial charge in [-0.05, 0) is 29.8 Å². The quantitative estimate of drug-likeness (QED) is 0.484. The number of aromatic nitrogens is 3. The molecule has 31 heavy (non-hydrogen) atoms. The summed E-state index contributed by atoms with van der Waals surface area (Å²) in [6, 6.07) is 24.7. The lowest BCUT2D eigenvalue weighted by Crippen LogP contribution is -2.24. The minimum Gasteiger partial charge on any atom is -0.345 e. The first-order valence-electron chi connectivity index (χ1n) is 9.40. The zero-order valence-electron chi connectivity index (χ0n) is 16.3. The second-order valence-electron chi connectivity index (χ2n) is 6.74. The number of carbonyl (C=O) groups excluding carboxylic acids is 1. The molecule has 0 spiro atoms. The average molecular weight is 433 g/mol. The van der Waals surface area contributed by atoms with Crippen LogP contribution in [0.5, 0.6) is 0 Å². The molecule has 0 bridgehead atoms. The predicted octanol–water partition coefficient (Wildman–Crippen LogP) is 2.51. The van der Waals surface area contributed by atoms with Crippen molar-refractivity contribution in [3.63, 3.8) is 0 Å². The highest BCUT2D eigenvalue weighted by atomic mass is 32.2. The number of amides is 1. The molecule has 0 radical (unpaired) electrons. The van der Waals surface area contributed by atoms with Crippen LogP contribution in [0.4, 0.5) is 0 Å². The van der Waals surface area contributed by atoms with Crippen molar-refractivity contribution in [1.29, 1.82) is 0 Å². The molecule has 1 heterocycles. The van der Waals surface area contributed by atoms with Crippen molar-refractivity contribution in [2.75, 3.05) is 0 Å². The molecule has 0 aliphatic rings. The van der Waals surface area contributed by atoms with Crippen LogP contribution in [-0.2, 0) is 16.6 Å². The third kappa shape index (κ3) is 4.68. The number of primary sulfonamides is 1. The van der Waals surface area contributed by atoms with Crippen molar-refractivity contribution >= 4 is 15.9 Å². The molecule has 3 aromatic carbocycles. The van der Waals surface area contributed by atoms with Crippen LogP contribution in [0.1, 0.15) is 16.2 Å². The molecule has 4 aromatic rings. The first-order chi connectivity index (χ1) is 14.9. The summed E-state index contributed by atoms with van der Waals surface area (Å²) in [6.07, 6.45) is 0. The Morgan fingerprint density at radius 1 is 0.903 bits per heavy atom. The molecule has 0 fully saturated rings. The summed E-state index contributed by atoms with van der Waals surface area (Å²) in [4.78, 5) is 17.1. The van der Waals surface area contributed by atoms with E-state index in [-0.39, 0.29) is 10.7 Å². The highest BCUT2D eigenvalue weighted by Crippen LogP contribution is 2.22. The Labute approximate surface area is 179 Å². The molecule has 0 unspecified atom stereocenters. The van der Waals surface area contributed by atoms with E-state index in [1.54, 1.807) is 12.1 Å². The maximum absolute atomic E-state index is 12.7. The normalized spacial score (nSPS) is 11.3. The third-order valence-corrected chi connectivity index (χ3v) is 5.48. The van der Waals surface area contributed by atoms with Crippen molar-refractivity contribution in [2.24, 2.45) is 5.14 Å². The Kier molecular flexibility index (Phi) is 5.61. The molecule has 0 aliphatic heterocycles. The summed E-state index contributed by atoms with van der Waals surface area (Å²) in [5.74, 6) is 0.0417. The van der Waals surface area contributed by atoms with Gasteiger partial charge in [0.25, 0.3) is 5.91 Å². The maximum atomic E-state index is 12.7. The van der Waals surface area contributed by atoms with Crippen LogP contribution in [0.15, 0.2) is 89.8 Å². The van der Waals surface area contributed by atoms with Gasteiger partial charge in [0, 0.05) is 12.1 Å². The first kappa shape index (κ1) is 20.5. The number of carbonyl (C=O) groups is 1. The highest BCUT2D eigenvalue weighted by Gasteiger charge is 2.19. The number of nitrogens with zero attached hydrogens (tertiary/aromatic N) is 3. The van der Waals surface area contributed by atoms with Crippen LogP contribution in [0.3, 0.4) is 0 Å². The molecular weight excluding hydrogens is 414 g/mol. The van der Waals surface area contributed by atoms with E-state index in [4.69, 9.17) is 5.14 Å². The molecule has 0 atom stereocenters. The van der Waals surface area contributed by atoms with E-state index < -0.39 is 15.9 Å². The fraction of sp³-hybridized carbons (Fsp3) is 0.0455. The van der Waals surface area contributed by atoms with E-state index in [0.29, 0.717) is 18.1 Å². The van der Waals surface area contributed by atoms with Crippen LogP contribution >= 0.6 is 0 Å². The first-order valence-corrected chi connectivity index (χ1v) is 10.9. The van der Waals surface area contributed by atoms with Crippen molar-refractivity contribution in [2.45, 2.75) is 11.4 Å². The van der Waals surface area contributed by atoms with Crippen LogP contribution < -0.4 is 10.5 Å². The van der Waals surface area contributed by atoms with E-state index >= 15 is 0 Å². The molecule has 1 aromatic heterocycles. The van der Waals surface area contributed by atoms with E-state index in [1.165, 1.54) is 16.8 Å². The second-order valence-corrected chi connectivity index (χ2v) is 8.31. The van der Waals surface area contributed by atoms with Gasteiger partial charge in [0.1, 0.15) is 0 Å². The SMILES string of the molecule is NS(=O)(=O)c1ccc(-n2nc(C(=O)NCc3ccccc3)nc2-c2ccccc2)cc1. The Bertz CT molecular complexity index is 1300. The average Bonchev–Trinajstić information content (AvgIpc) is 3.24.